The van der Waals surface area contributed by atoms with Crippen molar-refractivity contribution in [1.29, 1.82) is 0 Å². The smallest absolute Gasteiger partial charge is 0.310 e. The maximum atomic E-state index is 11.6. The number of benzene rings is 1. The normalized spacial score (nSPS) is 10.1. The van der Waals surface area contributed by atoms with Crippen LogP contribution in [0, 0.1) is 0 Å². The lowest BCUT2D eigenvalue weighted by Crippen LogP contribution is -2.08. The molecule has 0 bridgehead atoms. The molecule has 0 aliphatic rings. The number of pyridine rings is 1. The standard InChI is InChI=1S/C14H12BrNO2/c15-13-6-12(8-16-9-13)7-14(17)18-10-11-4-2-1-3-5-11/h1-6,8-9H,7,10H2. The second-order valence-corrected chi connectivity index (χ2v) is 4.75. The molecule has 1 aromatic heterocycles. The number of ether oxygens (including phenoxy) is 1. The molecule has 3 nitrogen and oxygen atoms in total. The first kappa shape index (κ1) is 12.8. The molecule has 0 aliphatic heterocycles. The molecular weight excluding hydrogens is 294 g/mol. The van der Waals surface area contributed by atoms with Crippen LogP contribution in [-0.2, 0) is 22.6 Å². The molecule has 1 heterocycles. The number of aromatic nitrogens is 1. The van der Waals surface area contributed by atoms with Gasteiger partial charge in [-0.1, -0.05) is 30.3 Å². The van der Waals surface area contributed by atoms with Crippen molar-refractivity contribution in [1.82, 2.24) is 4.98 Å². The van der Waals surface area contributed by atoms with E-state index in [1.165, 1.54) is 0 Å². The average Bonchev–Trinajstić information content (AvgIpc) is 2.38. The van der Waals surface area contributed by atoms with Crippen molar-refractivity contribution in [3.8, 4) is 0 Å². The van der Waals surface area contributed by atoms with E-state index < -0.39 is 0 Å². The number of nitrogens with zero attached hydrogens (tertiary/aromatic N) is 1. The van der Waals surface area contributed by atoms with Crippen molar-refractivity contribution in [2.45, 2.75) is 13.0 Å². The maximum Gasteiger partial charge on any atom is 0.310 e. The molecule has 0 amide bonds. The third-order valence-electron chi connectivity index (χ3n) is 2.35. The molecule has 2 aromatic rings. The second kappa shape index (κ2) is 6.31. The van der Waals surface area contributed by atoms with E-state index in [-0.39, 0.29) is 12.4 Å². The fourth-order valence-corrected chi connectivity index (χ4v) is 1.92. The van der Waals surface area contributed by atoms with Gasteiger partial charge in [-0.15, -0.1) is 0 Å². The number of halogens is 1. The largest absolute Gasteiger partial charge is 0.461 e. The lowest BCUT2D eigenvalue weighted by atomic mass is 10.2. The van der Waals surface area contributed by atoms with Crippen molar-refractivity contribution in [3.05, 3.63) is 64.4 Å². The van der Waals surface area contributed by atoms with Gasteiger partial charge in [0.2, 0.25) is 0 Å². The molecule has 0 spiro atoms. The second-order valence-electron chi connectivity index (χ2n) is 3.83. The maximum absolute atomic E-state index is 11.6. The lowest BCUT2D eigenvalue weighted by Gasteiger charge is -2.05. The molecule has 0 radical (unpaired) electrons. The van der Waals surface area contributed by atoms with Crippen molar-refractivity contribution in [2.75, 3.05) is 0 Å². The van der Waals surface area contributed by atoms with E-state index in [0.29, 0.717) is 6.61 Å². The molecule has 0 fully saturated rings. The summed E-state index contributed by atoms with van der Waals surface area (Å²) in [6, 6.07) is 11.5. The highest BCUT2D eigenvalue weighted by molar-refractivity contribution is 9.10. The Hall–Kier alpha value is -1.68. The van der Waals surface area contributed by atoms with Crippen molar-refractivity contribution >= 4 is 21.9 Å². The predicted molar refractivity (Wildman–Crippen MR) is 71.9 cm³/mol. The van der Waals surface area contributed by atoms with Crippen LogP contribution < -0.4 is 0 Å². The monoisotopic (exact) mass is 305 g/mol. The quantitative estimate of drug-likeness (QED) is 0.815. The molecule has 0 unspecified atom stereocenters. The summed E-state index contributed by atoms with van der Waals surface area (Å²) in [5.41, 5.74) is 1.82. The van der Waals surface area contributed by atoms with E-state index in [1.807, 2.05) is 36.4 Å². The fourth-order valence-electron chi connectivity index (χ4n) is 1.51. The summed E-state index contributed by atoms with van der Waals surface area (Å²) in [5.74, 6) is -0.251. The van der Waals surface area contributed by atoms with Gasteiger partial charge in [0.25, 0.3) is 0 Å². The molecule has 0 saturated carbocycles. The van der Waals surface area contributed by atoms with Crippen LogP contribution in [0.25, 0.3) is 0 Å². The lowest BCUT2D eigenvalue weighted by molar-refractivity contribution is -0.144. The van der Waals surface area contributed by atoms with Gasteiger partial charge in [-0.05, 0) is 33.1 Å². The molecular formula is C14H12BrNO2. The molecule has 2 rings (SSSR count). The van der Waals surface area contributed by atoms with E-state index in [4.69, 9.17) is 4.74 Å². The van der Waals surface area contributed by atoms with Gasteiger partial charge in [-0.3, -0.25) is 9.78 Å². The summed E-state index contributed by atoms with van der Waals surface area (Å²) in [4.78, 5) is 15.6. The first-order valence-electron chi connectivity index (χ1n) is 5.53. The highest BCUT2D eigenvalue weighted by Crippen LogP contribution is 2.10. The van der Waals surface area contributed by atoms with Crippen LogP contribution in [-0.4, -0.2) is 11.0 Å². The highest BCUT2D eigenvalue weighted by Gasteiger charge is 2.05. The summed E-state index contributed by atoms with van der Waals surface area (Å²) in [5, 5.41) is 0. The van der Waals surface area contributed by atoms with Crippen molar-refractivity contribution in [3.63, 3.8) is 0 Å². The Balaban J connectivity index is 1.86. The van der Waals surface area contributed by atoms with Gasteiger partial charge in [0.15, 0.2) is 0 Å². The fraction of sp³-hybridized carbons (Fsp3) is 0.143. The van der Waals surface area contributed by atoms with E-state index in [1.54, 1.807) is 12.4 Å². The summed E-state index contributed by atoms with van der Waals surface area (Å²) < 4.78 is 6.05. The van der Waals surface area contributed by atoms with Gasteiger partial charge in [-0.2, -0.15) is 0 Å². The van der Waals surface area contributed by atoms with Gasteiger partial charge in [0, 0.05) is 16.9 Å². The van der Waals surface area contributed by atoms with Crippen LogP contribution in [0.4, 0.5) is 0 Å². The number of carbonyl (C=O) groups is 1. The van der Waals surface area contributed by atoms with Crippen LogP contribution >= 0.6 is 15.9 Å². The minimum atomic E-state index is -0.251. The summed E-state index contributed by atoms with van der Waals surface area (Å²) in [6.07, 6.45) is 3.58. The molecule has 18 heavy (non-hydrogen) atoms. The number of hydrogen-bond acceptors (Lipinski definition) is 3. The number of esters is 1. The van der Waals surface area contributed by atoms with Crippen LogP contribution in [0.2, 0.25) is 0 Å². The number of hydrogen-bond donors (Lipinski definition) is 0. The van der Waals surface area contributed by atoms with Crippen LogP contribution in [0.15, 0.2) is 53.3 Å². The Kier molecular flexibility index (Phi) is 4.47. The first-order valence-corrected chi connectivity index (χ1v) is 6.32. The van der Waals surface area contributed by atoms with Crippen molar-refractivity contribution < 1.29 is 9.53 Å². The molecule has 0 aliphatic carbocycles. The zero-order valence-corrected chi connectivity index (χ0v) is 11.3. The Labute approximate surface area is 114 Å². The minimum absolute atomic E-state index is 0.235. The third-order valence-corrected chi connectivity index (χ3v) is 2.79. The van der Waals surface area contributed by atoms with Gasteiger partial charge < -0.3 is 4.74 Å². The average molecular weight is 306 g/mol. The molecule has 1 aromatic carbocycles. The topological polar surface area (TPSA) is 39.2 Å². The van der Waals surface area contributed by atoms with Gasteiger partial charge in [-0.25, -0.2) is 0 Å². The molecule has 4 heteroatoms. The Bertz CT molecular complexity index is 528. The van der Waals surface area contributed by atoms with Gasteiger partial charge >= 0.3 is 5.97 Å². The van der Waals surface area contributed by atoms with Crippen LogP contribution in [0.3, 0.4) is 0 Å². The van der Waals surface area contributed by atoms with Gasteiger partial charge in [0.1, 0.15) is 6.61 Å². The zero-order valence-electron chi connectivity index (χ0n) is 9.67. The summed E-state index contributed by atoms with van der Waals surface area (Å²) in [7, 11) is 0. The Morgan fingerprint density at radius 2 is 1.94 bits per heavy atom. The molecule has 92 valence electrons. The van der Waals surface area contributed by atoms with Gasteiger partial charge in [0.05, 0.1) is 6.42 Å². The molecule has 0 atom stereocenters. The summed E-state index contributed by atoms with van der Waals surface area (Å²) >= 11 is 3.31. The predicted octanol–water partition coefficient (Wildman–Crippen LogP) is 3.13. The molecule has 0 saturated heterocycles. The Morgan fingerprint density at radius 3 is 2.67 bits per heavy atom. The van der Waals surface area contributed by atoms with Crippen molar-refractivity contribution in [2.24, 2.45) is 0 Å². The molecule has 0 N–H and O–H groups in total. The van der Waals surface area contributed by atoms with Crippen LogP contribution in [0.5, 0.6) is 0 Å². The van der Waals surface area contributed by atoms with E-state index in [9.17, 15) is 4.79 Å². The summed E-state index contributed by atoms with van der Waals surface area (Å²) in [6.45, 7) is 0.307. The Morgan fingerprint density at radius 1 is 1.17 bits per heavy atom. The first-order chi connectivity index (χ1) is 8.74. The zero-order chi connectivity index (χ0) is 12.8. The minimum Gasteiger partial charge on any atom is -0.461 e. The highest BCUT2D eigenvalue weighted by atomic mass is 79.9. The third kappa shape index (κ3) is 3.96. The van der Waals surface area contributed by atoms with E-state index >= 15 is 0 Å². The SMILES string of the molecule is O=C(Cc1cncc(Br)c1)OCc1ccccc1. The van der Waals surface area contributed by atoms with Crippen LogP contribution in [0.1, 0.15) is 11.1 Å². The van der Waals surface area contributed by atoms with E-state index in [0.717, 1.165) is 15.6 Å². The van der Waals surface area contributed by atoms with E-state index in [2.05, 4.69) is 20.9 Å². The number of carbonyl (C=O) groups excluding carboxylic acids is 1. The number of rotatable bonds is 4.